The number of nitro groups is 1. The Labute approximate surface area is 184 Å². The van der Waals surface area contributed by atoms with Crippen molar-refractivity contribution < 1.29 is 24.0 Å². The third-order valence-electron chi connectivity index (χ3n) is 5.21. The first-order chi connectivity index (χ1) is 15.2. The van der Waals surface area contributed by atoms with Gasteiger partial charge in [-0.3, -0.25) is 24.5 Å². The number of carbonyl (C=O) groups excluding carboxylic acids is 3. The molecule has 168 valence electrons. The molecule has 0 spiro atoms. The molecule has 2 N–H and O–H groups in total. The Kier molecular flexibility index (Phi) is 6.72. The third kappa shape index (κ3) is 5.02. The van der Waals surface area contributed by atoms with Gasteiger partial charge in [0.15, 0.2) is 0 Å². The zero-order chi connectivity index (χ0) is 23.4. The van der Waals surface area contributed by atoms with Gasteiger partial charge in [0, 0.05) is 36.3 Å². The van der Waals surface area contributed by atoms with Gasteiger partial charge in [0.05, 0.1) is 29.7 Å². The first-order valence-corrected chi connectivity index (χ1v) is 10.0. The van der Waals surface area contributed by atoms with Crippen LogP contribution < -0.4 is 15.4 Å². The lowest BCUT2D eigenvalue weighted by Gasteiger charge is -2.20. The summed E-state index contributed by atoms with van der Waals surface area (Å²) in [6.45, 7) is 4.21. The summed E-state index contributed by atoms with van der Waals surface area (Å²) in [5.74, 6) is -0.965. The van der Waals surface area contributed by atoms with Crippen molar-refractivity contribution in [3.8, 4) is 5.75 Å². The number of ether oxygens (including phenoxy) is 1. The van der Waals surface area contributed by atoms with E-state index in [1.54, 1.807) is 29.2 Å². The summed E-state index contributed by atoms with van der Waals surface area (Å²) in [4.78, 5) is 49.1. The molecule has 0 aliphatic carbocycles. The highest BCUT2D eigenvalue weighted by molar-refractivity contribution is 6.05. The third-order valence-corrected chi connectivity index (χ3v) is 5.21. The maximum absolute atomic E-state index is 12.5. The van der Waals surface area contributed by atoms with Gasteiger partial charge in [0.2, 0.25) is 11.8 Å². The topological polar surface area (TPSA) is 131 Å². The summed E-state index contributed by atoms with van der Waals surface area (Å²) < 4.78 is 5.12. The van der Waals surface area contributed by atoms with Crippen LogP contribution in [0.2, 0.25) is 0 Å². The summed E-state index contributed by atoms with van der Waals surface area (Å²) >= 11 is 0. The lowest BCUT2D eigenvalue weighted by Crippen LogP contribution is -2.33. The normalized spacial score (nSPS) is 15.6. The Morgan fingerprint density at radius 2 is 1.84 bits per heavy atom. The van der Waals surface area contributed by atoms with Crippen molar-refractivity contribution >= 4 is 34.8 Å². The fourth-order valence-electron chi connectivity index (χ4n) is 3.45. The highest BCUT2D eigenvalue weighted by Crippen LogP contribution is 2.29. The van der Waals surface area contributed by atoms with Gasteiger partial charge in [0.1, 0.15) is 5.75 Å². The number of anilines is 2. The number of amides is 3. The number of nitrogens with zero attached hydrogens (tertiary/aromatic N) is 2. The van der Waals surface area contributed by atoms with E-state index in [2.05, 4.69) is 10.6 Å². The molecular formula is C22H24N4O6. The fourth-order valence-corrected chi connectivity index (χ4v) is 3.45. The van der Waals surface area contributed by atoms with Gasteiger partial charge >= 0.3 is 0 Å². The average molecular weight is 440 g/mol. The molecule has 1 saturated heterocycles. The van der Waals surface area contributed by atoms with Gasteiger partial charge in [0.25, 0.3) is 11.6 Å². The van der Waals surface area contributed by atoms with Crippen molar-refractivity contribution in [1.29, 1.82) is 0 Å². The van der Waals surface area contributed by atoms with E-state index in [0.717, 1.165) is 0 Å². The van der Waals surface area contributed by atoms with Gasteiger partial charge in [-0.05, 0) is 44.2 Å². The van der Waals surface area contributed by atoms with Crippen LogP contribution in [0.1, 0.15) is 30.6 Å². The fraction of sp³-hybridized carbons (Fsp3) is 0.318. The second-order valence-electron chi connectivity index (χ2n) is 7.70. The van der Waals surface area contributed by atoms with Crippen LogP contribution in [0.4, 0.5) is 17.1 Å². The Balaban J connectivity index is 1.63. The molecule has 0 bridgehead atoms. The Hall–Kier alpha value is -3.95. The molecule has 1 aliphatic rings. The number of likely N-dealkylation sites (tertiary alicyclic amines) is 1. The quantitative estimate of drug-likeness (QED) is 0.503. The predicted octanol–water partition coefficient (Wildman–Crippen LogP) is 3.05. The maximum Gasteiger partial charge on any atom is 0.273 e. The summed E-state index contributed by atoms with van der Waals surface area (Å²) in [6.07, 6.45) is 0.182. The number of methoxy groups -OCH3 is 1. The van der Waals surface area contributed by atoms with E-state index in [1.807, 2.05) is 13.8 Å². The zero-order valence-corrected chi connectivity index (χ0v) is 18.0. The number of carbonyl (C=O) groups is 3. The minimum atomic E-state index is -0.553. The van der Waals surface area contributed by atoms with E-state index in [0.29, 0.717) is 23.5 Å². The summed E-state index contributed by atoms with van der Waals surface area (Å²) in [7, 11) is 1.35. The number of hydrogen-bond donors (Lipinski definition) is 2. The Morgan fingerprint density at radius 3 is 2.41 bits per heavy atom. The molecule has 0 saturated carbocycles. The van der Waals surface area contributed by atoms with Gasteiger partial charge in [-0.15, -0.1) is 0 Å². The number of benzene rings is 2. The molecule has 3 amide bonds. The van der Waals surface area contributed by atoms with Crippen LogP contribution in [0.25, 0.3) is 0 Å². The highest BCUT2D eigenvalue weighted by Gasteiger charge is 2.35. The molecule has 1 aliphatic heterocycles. The van der Waals surface area contributed by atoms with Gasteiger partial charge in [-0.1, -0.05) is 0 Å². The minimum Gasteiger partial charge on any atom is -0.494 e. The van der Waals surface area contributed by atoms with Crippen LogP contribution in [0.5, 0.6) is 5.75 Å². The van der Waals surface area contributed by atoms with Crippen LogP contribution in [0.3, 0.4) is 0 Å². The van der Waals surface area contributed by atoms with Crippen LogP contribution in [-0.4, -0.2) is 47.2 Å². The van der Waals surface area contributed by atoms with Crippen LogP contribution in [0, 0.1) is 16.0 Å². The molecule has 10 heteroatoms. The highest BCUT2D eigenvalue weighted by atomic mass is 16.6. The largest absolute Gasteiger partial charge is 0.494 e. The summed E-state index contributed by atoms with van der Waals surface area (Å²) in [5.41, 5.74) is 0.974. The molecule has 10 nitrogen and oxygen atoms in total. The van der Waals surface area contributed by atoms with Gasteiger partial charge in [-0.2, -0.15) is 0 Å². The first kappa shape index (κ1) is 22.7. The molecule has 32 heavy (non-hydrogen) atoms. The number of non-ortho nitro benzene ring substituents is 1. The van der Waals surface area contributed by atoms with Crippen molar-refractivity contribution in [2.24, 2.45) is 5.92 Å². The standard InChI is InChI=1S/C22H24N4O6/c1-13(2)25-12-15(10-20(25)27)22(29)23-16-6-4-14(5-7-16)21(28)24-18-9-8-17(26(30)31)11-19(18)32-3/h4-9,11,13,15H,10,12H2,1-3H3,(H,23,29)(H,24,28). The molecule has 1 heterocycles. The predicted molar refractivity (Wildman–Crippen MR) is 118 cm³/mol. The number of nitrogens with one attached hydrogen (secondary N) is 2. The maximum atomic E-state index is 12.5. The van der Waals surface area contributed by atoms with E-state index < -0.39 is 16.7 Å². The van der Waals surface area contributed by atoms with E-state index >= 15 is 0 Å². The first-order valence-electron chi connectivity index (χ1n) is 10.0. The second kappa shape index (κ2) is 9.46. The van der Waals surface area contributed by atoms with E-state index in [-0.39, 0.29) is 35.7 Å². The zero-order valence-electron chi connectivity index (χ0n) is 18.0. The molecule has 1 fully saturated rings. The number of rotatable bonds is 7. The van der Waals surface area contributed by atoms with Crippen LogP contribution in [-0.2, 0) is 9.59 Å². The summed E-state index contributed by atoms with van der Waals surface area (Å²) in [5, 5.41) is 16.3. The Bertz CT molecular complexity index is 1050. The van der Waals surface area contributed by atoms with E-state index in [4.69, 9.17) is 4.74 Å². The molecule has 2 aromatic carbocycles. The van der Waals surface area contributed by atoms with Gasteiger partial charge in [-0.25, -0.2) is 0 Å². The number of nitro benzene ring substituents is 1. The van der Waals surface area contributed by atoms with Crippen molar-refractivity contribution in [2.45, 2.75) is 26.3 Å². The van der Waals surface area contributed by atoms with Gasteiger partial charge < -0.3 is 20.3 Å². The monoisotopic (exact) mass is 440 g/mol. The minimum absolute atomic E-state index is 0.0335. The summed E-state index contributed by atoms with van der Waals surface area (Å²) in [6, 6.07) is 10.2. The van der Waals surface area contributed by atoms with Crippen molar-refractivity contribution in [2.75, 3.05) is 24.3 Å². The van der Waals surface area contributed by atoms with Crippen molar-refractivity contribution in [3.63, 3.8) is 0 Å². The molecule has 2 aromatic rings. The molecule has 1 unspecified atom stereocenters. The van der Waals surface area contributed by atoms with Crippen molar-refractivity contribution in [1.82, 2.24) is 4.90 Å². The SMILES string of the molecule is COc1cc([N+](=O)[O-])ccc1NC(=O)c1ccc(NC(=O)C2CC(=O)N(C(C)C)C2)cc1. The molecule has 0 radical (unpaired) electrons. The molecular weight excluding hydrogens is 416 g/mol. The van der Waals surface area contributed by atoms with Crippen LogP contribution in [0.15, 0.2) is 42.5 Å². The lowest BCUT2D eigenvalue weighted by atomic mass is 10.1. The van der Waals surface area contributed by atoms with E-state index in [1.165, 1.54) is 25.3 Å². The van der Waals surface area contributed by atoms with Crippen molar-refractivity contribution in [3.05, 3.63) is 58.1 Å². The Morgan fingerprint density at radius 1 is 1.16 bits per heavy atom. The second-order valence-corrected chi connectivity index (χ2v) is 7.70. The molecule has 3 rings (SSSR count). The van der Waals surface area contributed by atoms with E-state index in [9.17, 15) is 24.5 Å². The molecule has 1 atom stereocenters. The lowest BCUT2D eigenvalue weighted by molar-refractivity contribution is -0.384. The molecule has 0 aromatic heterocycles. The number of hydrogen-bond acceptors (Lipinski definition) is 6. The smallest absolute Gasteiger partial charge is 0.273 e. The average Bonchev–Trinajstić information content (AvgIpc) is 3.16. The van der Waals surface area contributed by atoms with Crippen LogP contribution >= 0.6 is 0 Å².